The third kappa shape index (κ3) is 2.45. The molecule has 0 aliphatic carbocycles. The molecule has 0 bridgehead atoms. The van der Waals surface area contributed by atoms with E-state index in [-0.39, 0.29) is 0 Å². The molecule has 1 unspecified atom stereocenters. The normalized spacial score (nSPS) is 20.2. The fourth-order valence-electron chi connectivity index (χ4n) is 2.57. The summed E-state index contributed by atoms with van der Waals surface area (Å²) in [6.45, 7) is 7.79. The number of benzene rings is 1. The summed E-state index contributed by atoms with van der Waals surface area (Å²) >= 11 is 0. The molecule has 88 valence electrons. The molecular weight excluding hydrogens is 196 g/mol. The zero-order valence-corrected chi connectivity index (χ0v) is 10.5. The van der Waals surface area contributed by atoms with Crippen molar-refractivity contribution in [3.8, 4) is 0 Å². The molecule has 1 N–H and O–H groups in total. The van der Waals surface area contributed by atoms with Crippen molar-refractivity contribution in [1.82, 2.24) is 10.2 Å². The average molecular weight is 218 g/mol. The van der Waals surface area contributed by atoms with E-state index in [0.717, 1.165) is 25.6 Å². The Bertz CT molecular complexity index is 346. The Morgan fingerprint density at radius 3 is 2.88 bits per heavy atom. The second-order valence-electron chi connectivity index (χ2n) is 5.18. The molecule has 1 aromatic rings. The maximum absolute atomic E-state index is 3.50. The molecule has 0 saturated carbocycles. The second-order valence-corrected chi connectivity index (χ2v) is 5.18. The van der Waals surface area contributed by atoms with Crippen molar-refractivity contribution < 1.29 is 0 Å². The summed E-state index contributed by atoms with van der Waals surface area (Å²) in [6.07, 6.45) is 0. The minimum atomic E-state index is 0.535. The lowest BCUT2D eigenvalue weighted by Crippen LogP contribution is -2.39. The fourth-order valence-corrected chi connectivity index (χ4v) is 2.57. The third-order valence-corrected chi connectivity index (χ3v) is 3.25. The number of rotatable bonds is 3. The maximum Gasteiger partial charge on any atom is 0.0473 e. The van der Waals surface area contributed by atoms with Gasteiger partial charge in [-0.1, -0.05) is 38.1 Å². The highest BCUT2D eigenvalue weighted by Gasteiger charge is 2.23. The molecule has 1 aliphatic heterocycles. The number of hydrogen-bond acceptors (Lipinski definition) is 2. The molecule has 16 heavy (non-hydrogen) atoms. The molecule has 1 aromatic carbocycles. The van der Waals surface area contributed by atoms with Crippen molar-refractivity contribution in [2.24, 2.45) is 5.92 Å². The highest BCUT2D eigenvalue weighted by molar-refractivity contribution is 5.32. The van der Waals surface area contributed by atoms with Crippen LogP contribution in [0.5, 0.6) is 0 Å². The van der Waals surface area contributed by atoms with Crippen LogP contribution >= 0.6 is 0 Å². The van der Waals surface area contributed by atoms with Gasteiger partial charge in [-0.05, 0) is 24.1 Å². The van der Waals surface area contributed by atoms with E-state index in [1.54, 1.807) is 0 Å². The Kier molecular flexibility index (Phi) is 3.62. The van der Waals surface area contributed by atoms with E-state index < -0.39 is 0 Å². The van der Waals surface area contributed by atoms with Crippen LogP contribution in [0.1, 0.15) is 31.0 Å². The zero-order valence-electron chi connectivity index (χ0n) is 10.5. The lowest BCUT2D eigenvalue weighted by Gasteiger charge is -2.34. The smallest absolute Gasteiger partial charge is 0.0473 e. The fraction of sp³-hybridized carbons (Fsp3) is 0.571. The van der Waals surface area contributed by atoms with Gasteiger partial charge < -0.3 is 5.32 Å². The van der Waals surface area contributed by atoms with Crippen molar-refractivity contribution in [3.63, 3.8) is 0 Å². The maximum atomic E-state index is 3.50. The van der Waals surface area contributed by atoms with Gasteiger partial charge in [0.05, 0.1) is 0 Å². The van der Waals surface area contributed by atoms with Gasteiger partial charge in [-0.15, -0.1) is 0 Å². The van der Waals surface area contributed by atoms with E-state index in [1.807, 2.05) is 0 Å². The molecule has 2 nitrogen and oxygen atoms in total. The van der Waals surface area contributed by atoms with Crippen molar-refractivity contribution in [2.45, 2.75) is 26.4 Å². The number of likely N-dealkylation sites (N-methyl/N-ethyl adjacent to an activating group) is 1. The Balaban J connectivity index is 2.18. The second kappa shape index (κ2) is 4.98. The van der Waals surface area contributed by atoms with Gasteiger partial charge in [0.15, 0.2) is 0 Å². The summed E-state index contributed by atoms with van der Waals surface area (Å²) in [6, 6.07) is 9.33. The summed E-state index contributed by atoms with van der Waals surface area (Å²) in [4.78, 5) is 2.47. The van der Waals surface area contributed by atoms with Crippen molar-refractivity contribution in [3.05, 3.63) is 35.4 Å². The molecule has 0 radical (unpaired) electrons. The van der Waals surface area contributed by atoms with Gasteiger partial charge in [0.1, 0.15) is 0 Å². The van der Waals surface area contributed by atoms with Crippen LogP contribution in [0, 0.1) is 5.92 Å². The summed E-state index contributed by atoms with van der Waals surface area (Å²) in [5.74, 6) is 0.721. The quantitative estimate of drug-likeness (QED) is 0.838. The predicted molar refractivity (Wildman–Crippen MR) is 68.4 cm³/mol. The molecule has 0 spiro atoms. The molecule has 1 atom stereocenters. The van der Waals surface area contributed by atoms with Gasteiger partial charge in [0.25, 0.3) is 0 Å². The first kappa shape index (κ1) is 11.6. The van der Waals surface area contributed by atoms with Crippen molar-refractivity contribution in [2.75, 3.05) is 20.1 Å². The Morgan fingerprint density at radius 1 is 1.38 bits per heavy atom. The highest BCUT2D eigenvalue weighted by Crippen LogP contribution is 2.26. The zero-order chi connectivity index (χ0) is 11.5. The molecular formula is C14H22N2. The Labute approximate surface area is 98.7 Å². The highest BCUT2D eigenvalue weighted by atomic mass is 15.2. The lowest BCUT2D eigenvalue weighted by atomic mass is 9.95. The van der Waals surface area contributed by atoms with E-state index >= 15 is 0 Å². The SMILES string of the molecule is CC(C)CN(C)C1CNCc2ccccc21. The molecule has 1 aliphatic rings. The molecule has 2 rings (SSSR count). The van der Waals surface area contributed by atoms with E-state index in [9.17, 15) is 0 Å². The predicted octanol–water partition coefficient (Wildman–Crippen LogP) is 2.42. The van der Waals surface area contributed by atoms with E-state index in [1.165, 1.54) is 11.1 Å². The lowest BCUT2D eigenvalue weighted by molar-refractivity contribution is 0.205. The molecule has 0 amide bonds. The molecule has 2 heteroatoms. The van der Waals surface area contributed by atoms with E-state index in [0.29, 0.717) is 6.04 Å². The van der Waals surface area contributed by atoms with Crippen LogP contribution in [0.15, 0.2) is 24.3 Å². The standard InChI is InChI=1S/C14H22N2/c1-11(2)10-16(3)14-9-15-8-12-6-4-5-7-13(12)14/h4-7,11,14-15H,8-10H2,1-3H3. The van der Waals surface area contributed by atoms with Crippen LogP contribution in [-0.2, 0) is 6.54 Å². The first-order chi connectivity index (χ1) is 7.68. The molecule has 0 aromatic heterocycles. The minimum Gasteiger partial charge on any atom is -0.311 e. The minimum absolute atomic E-state index is 0.535. The average Bonchev–Trinajstić information content (AvgIpc) is 2.27. The molecule has 0 fully saturated rings. The monoisotopic (exact) mass is 218 g/mol. The number of hydrogen-bond donors (Lipinski definition) is 1. The van der Waals surface area contributed by atoms with Crippen LogP contribution in [0.4, 0.5) is 0 Å². The largest absolute Gasteiger partial charge is 0.311 e. The number of nitrogens with one attached hydrogen (secondary N) is 1. The van der Waals surface area contributed by atoms with Crippen LogP contribution < -0.4 is 5.32 Å². The Morgan fingerprint density at radius 2 is 2.12 bits per heavy atom. The Hall–Kier alpha value is -0.860. The summed E-state index contributed by atoms with van der Waals surface area (Å²) in [5, 5.41) is 3.50. The molecule has 1 heterocycles. The van der Waals surface area contributed by atoms with Crippen LogP contribution in [0.3, 0.4) is 0 Å². The van der Waals surface area contributed by atoms with Crippen molar-refractivity contribution in [1.29, 1.82) is 0 Å². The number of nitrogens with zero attached hydrogens (tertiary/aromatic N) is 1. The van der Waals surface area contributed by atoms with Crippen LogP contribution in [0.25, 0.3) is 0 Å². The van der Waals surface area contributed by atoms with E-state index in [2.05, 4.69) is 55.4 Å². The van der Waals surface area contributed by atoms with Gasteiger partial charge in [-0.25, -0.2) is 0 Å². The van der Waals surface area contributed by atoms with Gasteiger partial charge in [0.2, 0.25) is 0 Å². The van der Waals surface area contributed by atoms with Gasteiger partial charge in [0, 0.05) is 25.7 Å². The molecule has 0 saturated heterocycles. The van der Waals surface area contributed by atoms with Gasteiger partial charge >= 0.3 is 0 Å². The van der Waals surface area contributed by atoms with E-state index in [4.69, 9.17) is 0 Å². The van der Waals surface area contributed by atoms with Crippen LogP contribution in [0.2, 0.25) is 0 Å². The number of fused-ring (bicyclic) bond motifs is 1. The van der Waals surface area contributed by atoms with Gasteiger partial charge in [-0.3, -0.25) is 4.90 Å². The first-order valence-electron chi connectivity index (χ1n) is 6.17. The summed E-state index contributed by atoms with van der Waals surface area (Å²) in [7, 11) is 2.23. The van der Waals surface area contributed by atoms with Crippen molar-refractivity contribution >= 4 is 0 Å². The van der Waals surface area contributed by atoms with Crippen LogP contribution in [-0.4, -0.2) is 25.0 Å². The summed E-state index contributed by atoms with van der Waals surface area (Å²) < 4.78 is 0. The third-order valence-electron chi connectivity index (χ3n) is 3.25. The topological polar surface area (TPSA) is 15.3 Å². The van der Waals surface area contributed by atoms with Gasteiger partial charge in [-0.2, -0.15) is 0 Å². The summed E-state index contributed by atoms with van der Waals surface area (Å²) in [5.41, 5.74) is 2.96. The first-order valence-corrected chi connectivity index (χ1v) is 6.17.